The van der Waals surface area contributed by atoms with Crippen LogP contribution >= 0.6 is 23.4 Å². The summed E-state index contributed by atoms with van der Waals surface area (Å²) >= 11 is 7.83. The zero-order valence-electron chi connectivity index (χ0n) is 12.5. The minimum Gasteiger partial charge on any atom is -0.316 e. The molecule has 0 aromatic heterocycles. The number of halogens is 1. The Hall–Kier alpha value is -0.270. The molecule has 0 aliphatic heterocycles. The minimum atomic E-state index is -3.54. The molecule has 0 aliphatic rings. The summed E-state index contributed by atoms with van der Waals surface area (Å²) in [4.78, 5) is 0.154. The number of hydrogen-bond acceptors (Lipinski definition) is 4. The molecule has 0 saturated carbocycles. The Kier molecular flexibility index (Phi) is 8.66. The third-order valence-electron chi connectivity index (χ3n) is 2.98. The lowest BCUT2D eigenvalue weighted by molar-refractivity contribution is 0.576. The van der Waals surface area contributed by atoms with Gasteiger partial charge in [-0.25, -0.2) is 13.1 Å². The molecule has 1 aromatic rings. The first-order valence-corrected chi connectivity index (χ1v) is 10.2. The van der Waals surface area contributed by atoms with Crippen molar-refractivity contribution in [2.75, 3.05) is 25.6 Å². The van der Waals surface area contributed by atoms with Gasteiger partial charge in [0.05, 0.1) is 5.02 Å². The smallest absolute Gasteiger partial charge is 0.242 e. The van der Waals surface area contributed by atoms with Crippen LogP contribution in [0.2, 0.25) is 5.02 Å². The summed E-state index contributed by atoms with van der Waals surface area (Å²) in [6.07, 6.45) is 5.05. The third kappa shape index (κ3) is 6.57. The molecule has 0 aliphatic carbocycles. The molecule has 120 valence electrons. The first kappa shape index (κ1) is 18.8. The van der Waals surface area contributed by atoms with Crippen molar-refractivity contribution in [3.05, 3.63) is 28.8 Å². The van der Waals surface area contributed by atoms with E-state index in [0.717, 1.165) is 30.6 Å². The molecule has 1 rings (SSSR count). The number of nitrogens with one attached hydrogen (secondary N) is 2. The lowest BCUT2D eigenvalue weighted by Gasteiger charge is -2.10. The van der Waals surface area contributed by atoms with Crippen molar-refractivity contribution < 1.29 is 8.42 Å². The fourth-order valence-electron chi connectivity index (χ4n) is 1.90. The molecule has 0 atom stereocenters. The van der Waals surface area contributed by atoms with Crippen LogP contribution in [-0.4, -0.2) is 34.0 Å². The van der Waals surface area contributed by atoms with E-state index in [-0.39, 0.29) is 9.92 Å². The van der Waals surface area contributed by atoms with Crippen molar-refractivity contribution in [1.82, 2.24) is 10.0 Å². The highest BCUT2D eigenvalue weighted by Gasteiger charge is 2.17. The van der Waals surface area contributed by atoms with Crippen LogP contribution in [0.4, 0.5) is 0 Å². The monoisotopic (exact) mass is 350 g/mol. The van der Waals surface area contributed by atoms with Gasteiger partial charge >= 0.3 is 0 Å². The van der Waals surface area contributed by atoms with Crippen LogP contribution in [0.5, 0.6) is 0 Å². The molecular weight excluding hydrogens is 328 g/mol. The topological polar surface area (TPSA) is 58.2 Å². The number of rotatable bonds is 10. The number of sulfonamides is 1. The number of benzene rings is 1. The molecule has 21 heavy (non-hydrogen) atoms. The number of unbranched alkanes of at least 4 members (excludes halogenated alkanes) is 2. The van der Waals surface area contributed by atoms with Crippen LogP contribution in [0.1, 0.15) is 24.8 Å². The van der Waals surface area contributed by atoms with Gasteiger partial charge in [-0.05, 0) is 49.6 Å². The van der Waals surface area contributed by atoms with E-state index in [9.17, 15) is 8.42 Å². The normalized spacial score (nSPS) is 11.8. The van der Waals surface area contributed by atoms with Gasteiger partial charge < -0.3 is 5.32 Å². The Morgan fingerprint density at radius 2 is 2.00 bits per heavy atom. The summed E-state index contributed by atoms with van der Waals surface area (Å²) in [5.41, 5.74) is 0.891. The van der Waals surface area contributed by atoms with Crippen LogP contribution in [0.3, 0.4) is 0 Å². The van der Waals surface area contributed by atoms with Crippen molar-refractivity contribution in [3.63, 3.8) is 0 Å². The van der Waals surface area contributed by atoms with Crippen molar-refractivity contribution in [3.8, 4) is 0 Å². The number of hydrogen-bond donors (Lipinski definition) is 2. The van der Waals surface area contributed by atoms with E-state index in [4.69, 9.17) is 11.6 Å². The Labute approximate surface area is 137 Å². The summed E-state index contributed by atoms with van der Waals surface area (Å²) in [6.45, 7) is 1.05. The highest BCUT2D eigenvalue weighted by Crippen LogP contribution is 2.22. The van der Waals surface area contributed by atoms with E-state index in [1.807, 2.05) is 24.9 Å². The zero-order valence-corrected chi connectivity index (χ0v) is 14.9. The number of thioether (sulfide) groups is 1. The average molecular weight is 351 g/mol. The van der Waals surface area contributed by atoms with Gasteiger partial charge in [-0.1, -0.05) is 24.1 Å². The molecule has 0 spiro atoms. The molecule has 4 nitrogen and oxygen atoms in total. The Morgan fingerprint density at radius 3 is 2.67 bits per heavy atom. The molecule has 0 saturated heterocycles. The quantitative estimate of drug-likeness (QED) is 0.637. The molecule has 0 heterocycles. The highest BCUT2D eigenvalue weighted by atomic mass is 35.5. The van der Waals surface area contributed by atoms with Crippen LogP contribution in [0.25, 0.3) is 0 Å². The maximum atomic E-state index is 12.3. The lowest BCUT2D eigenvalue weighted by atomic mass is 10.2. The van der Waals surface area contributed by atoms with E-state index in [1.165, 1.54) is 0 Å². The van der Waals surface area contributed by atoms with Gasteiger partial charge in [-0.3, -0.25) is 0 Å². The van der Waals surface area contributed by atoms with Gasteiger partial charge in [0.15, 0.2) is 0 Å². The molecular formula is C14H23ClN2O2S2. The fraction of sp³-hybridized carbons (Fsp3) is 0.571. The van der Waals surface area contributed by atoms with Gasteiger partial charge in [-0.2, -0.15) is 11.8 Å². The van der Waals surface area contributed by atoms with Crippen molar-refractivity contribution in [1.29, 1.82) is 0 Å². The van der Waals surface area contributed by atoms with E-state index < -0.39 is 10.0 Å². The Morgan fingerprint density at radius 1 is 1.24 bits per heavy atom. The van der Waals surface area contributed by atoms with E-state index in [0.29, 0.717) is 13.1 Å². The van der Waals surface area contributed by atoms with E-state index in [1.54, 1.807) is 12.1 Å². The maximum Gasteiger partial charge on any atom is 0.242 e. The molecule has 0 bridgehead atoms. The van der Waals surface area contributed by atoms with Crippen LogP contribution in [0, 0.1) is 0 Å². The summed E-state index contributed by atoms with van der Waals surface area (Å²) in [5.74, 6) is 1.12. The van der Waals surface area contributed by atoms with Crippen molar-refractivity contribution in [2.24, 2.45) is 0 Å². The Balaban J connectivity index is 2.63. The maximum absolute atomic E-state index is 12.3. The average Bonchev–Trinajstić information content (AvgIpc) is 2.45. The first-order chi connectivity index (χ1) is 10.0. The Bertz CT molecular complexity index is 536. The summed E-state index contributed by atoms with van der Waals surface area (Å²) in [6, 6.07) is 5.07. The predicted molar refractivity (Wildman–Crippen MR) is 91.6 cm³/mol. The van der Waals surface area contributed by atoms with Gasteiger partial charge in [-0.15, -0.1) is 0 Å². The molecule has 1 aromatic carbocycles. The second-order valence-corrected chi connectivity index (χ2v) is 7.87. The predicted octanol–water partition coefficient (Wildman–Crippen LogP) is 2.87. The highest BCUT2D eigenvalue weighted by molar-refractivity contribution is 7.98. The minimum absolute atomic E-state index is 0.154. The molecule has 0 unspecified atom stereocenters. The zero-order chi connectivity index (χ0) is 15.7. The lowest BCUT2D eigenvalue weighted by Crippen LogP contribution is -2.25. The van der Waals surface area contributed by atoms with Gasteiger partial charge in [0, 0.05) is 13.1 Å². The van der Waals surface area contributed by atoms with E-state index in [2.05, 4.69) is 16.3 Å². The van der Waals surface area contributed by atoms with E-state index >= 15 is 0 Å². The summed E-state index contributed by atoms with van der Waals surface area (Å²) < 4.78 is 27.2. The summed E-state index contributed by atoms with van der Waals surface area (Å²) in [7, 11) is -1.72. The molecule has 7 heteroatoms. The summed E-state index contributed by atoms with van der Waals surface area (Å²) in [5, 5.41) is 3.25. The fourth-order valence-corrected chi connectivity index (χ4v) is 4.02. The van der Waals surface area contributed by atoms with Gasteiger partial charge in [0.25, 0.3) is 0 Å². The molecule has 2 N–H and O–H groups in total. The van der Waals surface area contributed by atoms with Crippen LogP contribution in [0.15, 0.2) is 23.1 Å². The van der Waals surface area contributed by atoms with Crippen LogP contribution < -0.4 is 10.0 Å². The standard InChI is InChI=1S/C14H23ClN2O2S2/c1-16-11-12-6-7-13(15)14(10-12)21(18,19)17-8-4-3-5-9-20-2/h6-7,10,16-17H,3-5,8-9,11H2,1-2H3. The first-order valence-electron chi connectivity index (χ1n) is 6.93. The molecule has 0 fully saturated rings. The van der Waals surface area contributed by atoms with Gasteiger partial charge in [0.2, 0.25) is 10.0 Å². The van der Waals surface area contributed by atoms with Crippen molar-refractivity contribution in [2.45, 2.75) is 30.7 Å². The van der Waals surface area contributed by atoms with Crippen molar-refractivity contribution >= 4 is 33.4 Å². The molecule has 0 radical (unpaired) electrons. The second kappa shape index (κ2) is 9.69. The largest absolute Gasteiger partial charge is 0.316 e. The second-order valence-electron chi connectivity index (χ2n) is 4.75. The SMILES string of the molecule is CNCc1ccc(Cl)c(S(=O)(=O)NCCCCCSC)c1. The van der Waals surface area contributed by atoms with Gasteiger partial charge in [0.1, 0.15) is 4.90 Å². The molecule has 0 amide bonds. The van der Waals surface area contributed by atoms with Crippen LogP contribution in [-0.2, 0) is 16.6 Å². The third-order valence-corrected chi connectivity index (χ3v) is 5.62.